The third kappa shape index (κ3) is 3.18. The number of anilines is 1. The molecule has 100 valence electrons. The van der Waals surface area contributed by atoms with Crippen LogP contribution in [0.2, 0.25) is 0 Å². The normalized spacial score (nSPS) is 16.4. The van der Waals surface area contributed by atoms with Crippen molar-refractivity contribution in [1.29, 1.82) is 0 Å². The minimum Gasteiger partial charge on any atom is -0.385 e. The van der Waals surface area contributed by atoms with Crippen molar-refractivity contribution in [1.82, 2.24) is 4.57 Å². The van der Waals surface area contributed by atoms with Gasteiger partial charge in [-0.1, -0.05) is 6.07 Å². The van der Waals surface area contributed by atoms with E-state index in [0.29, 0.717) is 0 Å². The summed E-state index contributed by atoms with van der Waals surface area (Å²) in [5, 5.41) is 3.55. The van der Waals surface area contributed by atoms with Gasteiger partial charge in [0.15, 0.2) is 0 Å². The van der Waals surface area contributed by atoms with Crippen molar-refractivity contribution in [3.63, 3.8) is 0 Å². The Labute approximate surface area is 114 Å². The summed E-state index contributed by atoms with van der Waals surface area (Å²) in [7, 11) is 0. The second-order valence-corrected chi connectivity index (χ2v) is 5.08. The predicted octanol–water partition coefficient (Wildman–Crippen LogP) is 3.32. The largest absolute Gasteiger partial charge is 0.385 e. The Kier molecular flexibility index (Phi) is 3.84. The zero-order valence-corrected chi connectivity index (χ0v) is 11.1. The molecule has 0 spiro atoms. The maximum Gasteiger partial charge on any atom is 0.0469 e. The van der Waals surface area contributed by atoms with Crippen LogP contribution in [0, 0.1) is 5.92 Å². The van der Waals surface area contributed by atoms with Crippen molar-refractivity contribution in [2.24, 2.45) is 5.92 Å². The van der Waals surface area contributed by atoms with Crippen molar-refractivity contribution < 1.29 is 4.74 Å². The number of nitrogens with one attached hydrogen (secondary N) is 1. The van der Waals surface area contributed by atoms with Gasteiger partial charge in [0, 0.05) is 43.5 Å². The van der Waals surface area contributed by atoms with Crippen molar-refractivity contribution in [3.8, 4) is 5.69 Å². The first-order valence-electron chi connectivity index (χ1n) is 6.97. The van der Waals surface area contributed by atoms with Gasteiger partial charge in [-0.25, -0.2) is 0 Å². The number of benzene rings is 1. The zero-order valence-electron chi connectivity index (χ0n) is 11.1. The lowest BCUT2D eigenvalue weighted by atomic mass is 10.0. The van der Waals surface area contributed by atoms with Gasteiger partial charge in [-0.05, 0) is 49.1 Å². The molecule has 1 saturated heterocycles. The molecule has 0 unspecified atom stereocenters. The van der Waals surface area contributed by atoms with Gasteiger partial charge in [0.1, 0.15) is 0 Å². The molecule has 1 aliphatic rings. The Hall–Kier alpha value is -1.74. The highest BCUT2D eigenvalue weighted by Gasteiger charge is 2.13. The Morgan fingerprint density at radius 2 is 1.89 bits per heavy atom. The molecule has 0 aliphatic carbocycles. The highest BCUT2D eigenvalue weighted by molar-refractivity contribution is 5.51. The van der Waals surface area contributed by atoms with Crippen molar-refractivity contribution in [3.05, 3.63) is 48.8 Å². The third-order valence-corrected chi connectivity index (χ3v) is 3.68. The third-order valence-electron chi connectivity index (χ3n) is 3.68. The molecule has 3 rings (SSSR count). The van der Waals surface area contributed by atoms with Gasteiger partial charge in [-0.3, -0.25) is 0 Å². The summed E-state index contributed by atoms with van der Waals surface area (Å²) in [6.45, 7) is 2.87. The molecule has 1 aliphatic heterocycles. The van der Waals surface area contributed by atoms with Gasteiger partial charge in [0.05, 0.1) is 0 Å². The van der Waals surface area contributed by atoms with E-state index in [4.69, 9.17) is 4.74 Å². The van der Waals surface area contributed by atoms with E-state index in [0.717, 1.165) is 25.7 Å². The van der Waals surface area contributed by atoms with Crippen LogP contribution in [0.3, 0.4) is 0 Å². The molecule has 0 saturated carbocycles. The van der Waals surface area contributed by atoms with Crippen LogP contribution >= 0.6 is 0 Å². The quantitative estimate of drug-likeness (QED) is 0.908. The number of ether oxygens (including phenoxy) is 1. The molecule has 0 atom stereocenters. The molecule has 19 heavy (non-hydrogen) atoms. The van der Waals surface area contributed by atoms with Crippen LogP contribution in [-0.2, 0) is 4.74 Å². The molecule has 1 N–H and O–H groups in total. The Morgan fingerprint density at radius 1 is 1.11 bits per heavy atom. The monoisotopic (exact) mass is 256 g/mol. The Bertz CT molecular complexity index is 501. The lowest BCUT2D eigenvalue weighted by Gasteiger charge is -2.22. The number of hydrogen-bond acceptors (Lipinski definition) is 2. The number of aromatic nitrogens is 1. The van der Waals surface area contributed by atoms with E-state index in [-0.39, 0.29) is 0 Å². The van der Waals surface area contributed by atoms with Crippen LogP contribution in [0.1, 0.15) is 12.8 Å². The van der Waals surface area contributed by atoms with Crippen LogP contribution < -0.4 is 5.32 Å². The fourth-order valence-corrected chi connectivity index (χ4v) is 2.50. The highest BCUT2D eigenvalue weighted by Crippen LogP contribution is 2.18. The second-order valence-electron chi connectivity index (χ2n) is 5.08. The molecular formula is C16H20N2O. The molecule has 0 radical (unpaired) electrons. The molecule has 0 bridgehead atoms. The summed E-state index contributed by atoms with van der Waals surface area (Å²) >= 11 is 0. The summed E-state index contributed by atoms with van der Waals surface area (Å²) in [6.07, 6.45) is 6.48. The molecule has 0 amide bonds. The fraction of sp³-hybridized carbons (Fsp3) is 0.375. The zero-order chi connectivity index (χ0) is 12.9. The molecule has 3 heteroatoms. The molecule has 2 aromatic rings. The average molecular weight is 256 g/mol. The number of nitrogens with zero attached hydrogens (tertiary/aromatic N) is 1. The Balaban J connectivity index is 1.63. The van der Waals surface area contributed by atoms with Gasteiger partial charge in [-0.2, -0.15) is 0 Å². The summed E-state index contributed by atoms with van der Waals surface area (Å²) in [4.78, 5) is 0. The summed E-state index contributed by atoms with van der Waals surface area (Å²) in [6, 6.07) is 12.6. The minimum absolute atomic E-state index is 0.740. The van der Waals surface area contributed by atoms with E-state index in [2.05, 4.69) is 46.5 Å². The lowest BCUT2D eigenvalue weighted by Crippen LogP contribution is -2.22. The molecule has 1 fully saturated rings. The van der Waals surface area contributed by atoms with E-state index in [9.17, 15) is 0 Å². The summed E-state index contributed by atoms with van der Waals surface area (Å²) < 4.78 is 7.51. The minimum atomic E-state index is 0.740. The van der Waals surface area contributed by atoms with Crippen LogP contribution in [0.5, 0.6) is 0 Å². The molecule has 1 aromatic carbocycles. The van der Waals surface area contributed by atoms with Gasteiger partial charge in [0.2, 0.25) is 0 Å². The molecule has 3 nitrogen and oxygen atoms in total. The number of hydrogen-bond donors (Lipinski definition) is 1. The molecular weight excluding hydrogens is 236 g/mol. The van der Waals surface area contributed by atoms with Crippen LogP contribution in [0.15, 0.2) is 48.8 Å². The van der Waals surface area contributed by atoms with Crippen LogP contribution in [-0.4, -0.2) is 24.3 Å². The van der Waals surface area contributed by atoms with E-state index in [1.807, 2.05) is 12.1 Å². The maximum absolute atomic E-state index is 5.39. The van der Waals surface area contributed by atoms with Gasteiger partial charge in [-0.15, -0.1) is 0 Å². The van der Waals surface area contributed by atoms with E-state index in [1.165, 1.54) is 24.2 Å². The SMILES string of the molecule is c1cc(NCC2CCOCC2)cc(-n2cccc2)c1. The first kappa shape index (κ1) is 12.3. The second kappa shape index (κ2) is 5.93. The van der Waals surface area contributed by atoms with E-state index < -0.39 is 0 Å². The summed E-state index contributed by atoms with van der Waals surface area (Å²) in [5.41, 5.74) is 2.39. The van der Waals surface area contributed by atoms with Crippen LogP contribution in [0.4, 0.5) is 5.69 Å². The van der Waals surface area contributed by atoms with Crippen LogP contribution in [0.25, 0.3) is 5.69 Å². The lowest BCUT2D eigenvalue weighted by molar-refractivity contribution is 0.0699. The van der Waals surface area contributed by atoms with Crippen molar-refractivity contribution >= 4 is 5.69 Å². The van der Waals surface area contributed by atoms with E-state index >= 15 is 0 Å². The predicted molar refractivity (Wildman–Crippen MR) is 77.8 cm³/mol. The fourth-order valence-electron chi connectivity index (χ4n) is 2.50. The Morgan fingerprint density at radius 3 is 2.68 bits per heavy atom. The van der Waals surface area contributed by atoms with Crippen molar-refractivity contribution in [2.75, 3.05) is 25.1 Å². The van der Waals surface area contributed by atoms with Gasteiger partial charge >= 0.3 is 0 Å². The maximum atomic E-state index is 5.39. The topological polar surface area (TPSA) is 26.2 Å². The average Bonchev–Trinajstić information content (AvgIpc) is 3.01. The van der Waals surface area contributed by atoms with Crippen molar-refractivity contribution in [2.45, 2.75) is 12.8 Å². The first-order valence-corrected chi connectivity index (χ1v) is 6.97. The van der Waals surface area contributed by atoms with E-state index in [1.54, 1.807) is 0 Å². The smallest absolute Gasteiger partial charge is 0.0469 e. The highest BCUT2D eigenvalue weighted by atomic mass is 16.5. The summed E-state index contributed by atoms with van der Waals surface area (Å²) in [5.74, 6) is 0.740. The molecule has 2 heterocycles. The first-order chi connectivity index (χ1) is 9.42. The number of rotatable bonds is 4. The van der Waals surface area contributed by atoms with Gasteiger partial charge < -0.3 is 14.6 Å². The van der Waals surface area contributed by atoms with Gasteiger partial charge in [0.25, 0.3) is 0 Å². The standard InChI is InChI=1S/C16H20N2O/c1-2-9-18(8-1)16-5-3-4-15(12-16)17-13-14-6-10-19-11-7-14/h1-5,8-9,12,14,17H,6-7,10-11,13H2. The molecule has 1 aromatic heterocycles.